The molecule has 0 aliphatic heterocycles. The van der Waals surface area contributed by atoms with E-state index in [9.17, 15) is 4.79 Å². The molecule has 4 bridgehead atoms. The highest BCUT2D eigenvalue weighted by atomic mass is 16.7. The highest BCUT2D eigenvalue weighted by molar-refractivity contribution is 5.84. The first-order chi connectivity index (χ1) is 13.1. The molecule has 0 radical (unpaired) electrons. The van der Waals surface area contributed by atoms with Gasteiger partial charge in [-0.05, 0) is 74.7 Å². The minimum absolute atomic E-state index is 0.0911. The second-order valence-electron chi connectivity index (χ2n) is 8.48. The highest BCUT2D eigenvalue weighted by Crippen LogP contribution is 2.63. The topological polar surface area (TPSA) is 54.0 Å². The largest absolute Gasteiger partial charge is 0.492 e. The third-order valence-electron chi connectivity index (χ3n) is 6.85. The van der Waals surface area contributed by atoms with Crippen molar-refractivity contribution in [3.05, 3.63) is 17.2 Å². The average molecular weight is 374 g/mol. The Bertz CT molecular complexity index is 676. The summed E-state index contributed by atoms with van der Waals surface area (Å²) in [6.07, 6.45) is 8.51. The monoisotopic (exact) mass is 374 g/mol. The van der Waals surface area contributed by atoms with Crippen LogP contribution in [0.3, 0.4) is 0 Å². The van der Waals surface area contributed by atoms with Crippen molar-refractivity contribution in [1.29, 1.82) is 0 Å². The molecule has 1 aromatic rings. The van der Waals surface area contributed by atoms with Gasteiger partial charge in [0.05, 0.1) is 19.8 Å². The van der Waals surface area contributed by atoms with Gasteiger partial charge in [0.25, 0.3) is 0 Å². The lowest BCUT2D eigenvalue weighted by Crippen LogP contribution is -2.48. The summed E-state index contributed by atoms with van der Waals surface area (Å²) in [5, 5.41) is 0. The van der Waals surface area contributed by atoms with Crippen LogP contribution < -0.4 is 14.2 Å². The van der Waals surface area contributed by atoms with Crippen LogP contribution in [0.1, 0.15) is 61.4 Å². The summed E-state index contributed by atoms with van der Waals surface area (Å²) >= 11 is 0. The molecule has 0 heterocycles. The van der Waals surface area contributed by atoms with Gasteiger partial charge in [-0.15, -0.1) is 0 Å². The molecule has 148 valence electrons. The standard InChI is InChI=1S/C22H30O5/c1-4-26-13-27-21-19(24-2)17(12-23)8-18(20(21)25-3)22-9-14-5-15(10-22)7-16(6-14)11-22/h8,12,14-16H,4-7,9-11,13H2,1-3H3. The normalized spacial score (nSPS) is 31.0. The first kappa shape index (κ1) is 18.6. The number of hydrogen-bond acceptors (Lipinski definition) is 5. The zero-order chi connectivity index (χ0) is 19.0. The number of rotatable bonds is 8. The van der Waals surface area contributed by atoms with Crippen LogP contribution in [-0.2, 0) is 10.2 Å². The lowest BCUT2D eigenvalue weighted by molar-refractivity contribution is -0.00725. The van der Waals surface area contributed by atoms with Crippen molar-refractivity contribution in [2.45, 2.75) is 50.9 Å². The maximum absolute atomic E-state index is 11.8. The Hall–Kier alpha value is -1.75. The van der Waals surface area contributed by atoms with E-state index >= 15 is 0 Å². The number of carbonyl (C=O) groups excluding carboxylic acids is 1. The molecule has 0 atom stereocenters. The van der Waals surface area contributed by atoms with Crippen LogP contribution in [0.4, 0.5) is 0 Å². The van der Waals surface area contributed by atoms with Gasteiger partial charge in [-0.3, -0.25) is 4.79 Å². The van der Waals surface area contributed by atoms with Crippen molar-refractivity contribution in [3.63, 3.8) is 0 Å². The van der Waals surface area contributed by atoms with Gasteiger partial charge in [-0.25, -0.2) is 0 Å². The van der Waals surface area contributed by atoms with Crippen molar-refractivity contribution in [2.24, 2.45) is 17.8 Å². The van der Waals surface area contributed by atoms with Gasteiger partial charge in [-0.1, -0.05) is 0 Å². The lowest BCUT2D eigenvalue weighted by Gasteiger charge is -2.57. The summed E-state index contributed by atoms with van der Waals surface area (Å²) in [5.41, 5.74) is 1.74. The minimum atomic E-state index is 0.0911. The maximum atomic E-state index is 11.8. The minimum Gasteiger partial charge on any atom is -0.492 e. The summed E-state index contributed by atoms with van der Waals surface area (Å²) in [4.78, 5) is 11.8. The molecule has 1 aromatic carbocycles. The van der Waals surface area contributed by atoms with Crippen LogP contribution in [-0.4, -0.2) is 33.9 Å². The van der Waals surface area contributed by atoms with E-state index in [4.69, 9.17) is 18.9 Å². The Morgan fingerprint density at radius 3 is 2.07 bits per heavy atom. The average Bonchev–Trinajstić information content (AvgIpc) is 2.66. The van der Waals surface area contributed by atoms with E-state index in [0.717, 1.165) is 29.6 Å². The third-order valence-corrected chi connectivity index (χ3v) is 6.85. The predicted molar refractivity (Wildman–Crippen MR) is 102 cm³/mol. The summed E-state index contributed by atoms with van der Waals surface area (Å²) < 4.78 is 22.7. The van der Waals surface area contributed by atoms with Gasteiger partial charge in [0.2, 0.25) is 5.75 Å². The second kappa shape index (κ2) is 7.34. The zero-order valence-electron chi connectivity index (χ0n) is 16.6. The van der Waals surface area contributed by atoms with Crippen LogP contribution >= 0.6 is 0 Å². The number of aldehydes is 1. The van der Waals surface area contributed by atoms with Crippen LogP contribution in [0, 0.1) is 17.8 Å². The molecule has 4 saturated carbocycles. The summed E-state index contributed by atoms with van der Waals surface area (Å²) in [5.74, 6) is 4.03. The van der Waals surface area contributed by atoms with Crippen molar-refractivity contribution in [1.82, 2.24) is 0 Å². The Morgan fingerprint density at radius 2 is 1.59 bits per heavy atom. The highest BCUT2D eigenvalue weighted by Gasteiger charge is 2.53. The molecule has 4 aliphatic carbocycles. The van der Waals surface area contributed by atoms with Gasteiger partial charge in [0, 0.05) is 12.2 Å². The molecule has 0 N–H and O–H groups in total. The Morgan fingerprint density at radius 1 is 1.00 bits per heavy atom. The number of hydrogen-bond donors (Lipinski definition) is 0. The zero-order valence-corrected chi connectivity index (χ0v) is 16.6. The molecule has 5 rings (SSSR count). The summed E-state index contributed by atoms with van der Waals surface area (Å²) in [6, 6.07) is 1.99. The molecular weight excluding hydrogens is 344 g/mol. The van der Waals surface area contributed by atoms with Crippen LogP contribution in [0.5, 0.6) is 17.2 Å². The van der Waals surface area contributed by atoms with E-state index in [-0.39, 0.29) is 12.2 Å². The van der Waals surface area contributed by atoms with Gasteiger partial charge >= 0.3 is 0 Å². The molecule has 5 nitrogen and oxygen atoms in total. The van der Waals surface area contributed by atoms with Gasteiger partial charge in [0.15, 0.2) is 24.6 Å². The first-order valence-electron chi connectivity index (χ1n) is 10.1. The van der Waals surface area contributed by atoms with Gasteiger partial charge in [-0.2, -0.15) is 0 Å². The molecular formula is C22H30O5. The SMILES string of the molecule is CCOCOc1c(OC)c(C=O)cc(C23CC4CC(CC(C4)C2)C3)c1OC. The van der Waals surface area contributed by atoms with Crippen molar-refractivity contribution >= 4 is 6.29 Å². The summed E-state index contributed by atoms with van der Waals surface area (Å²) in [6.45, 7) is 2.58. The van der Waals surface area contributed by atoms with Crippen LogP contribution in [0.15, 0.2) is 6.07 Å². The van der Waals surface area contributed by atoms with E-state index in [1.807, 2.05) is 13.0 Å². The number of methoxy groups -OCH3 is 2. The molecule has 4 fully saturated rings. The molecule has 5 heteroatoms. The van der Waals surface area contributed by atoms with E-state index < -0.39 is 0 Å². The summed E-state index contributed by atoms with van der Waals surface area (Å²) in [7, 11) is 3.23. The number of benzene rings is 1. The lowest BCUT2D eigenvalue weighted by atomic mass is 9.48. The fourth-order valence-corrected chi connectivity index (χ4v) is 6.29. The van der Waals surface area contributed by atoms with E-state index in [1.165, 1.54) is 38.5 Å². The molecule has 27 heavy (non-hydrogen) atoms. The van der Waals surface area contributed by atoms with Crippen LogP contribution in [0.2, 0.25) is 0 Å². The Balaban J connectivity index is 1.82. The van der Waals surface area contributed by atoms with Crippen molar-refractivity contribution < 1.29 is 23.7 Å². The maximum Gasteiger partial charge on any atom is 0.207 e. The number of carbonyl (C=O) groups is 1. The number of ether oxygens (including phenoxy) is 4. The fourth-order valence-electron chi connectivity index (χ4n) is 6.29. The quantitative estimate of drug-likeness (QED) is 0.384. The first-order valence-corrected chi connectivity index (χ1v) is 10.1. The Kier molecular flexibility index (Phi) is 5.06. The van der Waals surface area contributed by atoms with E-state index in [0.29, 0.717) is 29.4 Å². The molecule has 0 unspecified atom stereocenters. The van der Waals surface area contributed by atoms with Gasteiger partial charge in [0.1, 0.15) is 0 Å². The van der Waals surface area contributed by atoms with E-state index in [1.54, 1.807) is 14.2 Å². The molecule has 4 aliphatic rings. The molecule has 0 aromatic heterocycles. The molecule has 0 saturated heterocycles. The second-order valence-corrected chi connectivity index (χ2v) is 8.48. The molecule has 0 amide bonds. The van der Waals surface area contributed by atoms with Gasteiger partial charge < -0.3 is 18.9 Å². The van der Waals surface area contributed by atoms with E-state index in [2.05, 4.69) is 0 Å². The van der Waals surface area contributed by atoms with Crippen molar-refractivity contribution in [2.75, 3.05) is 27.6 Å². The predicted octanol–water partition coefficient (Wildman–Crippen LogP) is 4.36. The molecule has 0 spiro atoms. The van der Waals surface area contributed by atoms with Crippen molar-refractivity contribution in [3.8, 4) is 17.2 Å². The fraction of sp³-hybridized carbons (Fsp3) is 0.682. The third kappa shape index (κ3) is 3.10. The smallest absolute Gasteiger partial charge is 0.207 e. The van der Waals surface area contributed by atoms with Crippen LogP contribution in [0.25, 0.3) is 0 Å². The Labute approximate surface area is 161 Å².